The summed E-state index contributed by atoms with van der Waals surface area (Å²) in [4.78, 5) is 24.5. The van der Waals surface area contributed by atoms with Gasteiger partial charge in [0.25, 0.3) is 11.8 Å². The summed E-state index contributed by atoms with van der Waals surface area (Å²) in [5.41, 5.74) is 0.568. The highest BCUT2D eigenvalue weighted by molar-refractivity contribution is 7.12. The van der Waals surface area contributed by atoms with Crippen LogP contribution in [0, 0.1) is 0 Å². The Morgan fingerprint density at radius 3 is 2.57 bits per heavy atom. The molecule has 2 rings (SSSR count). The lowest BCUT2D eigenvalue weighted by atomic mass is 10.2. The minimum atomic E-state index is -0.142. The minimum Gasteiger partial charge on any atom is -0.494 e. The van der Waals surface area contributed by atoms with E-state index in [0.717, 1.165) is 0 Å². The molecule has 0 aliphatic heterocycles. The van der Waals surface area contributed by atoms with E-state index in [1.807, 2.05) is 24.4 Å². The van der Waals surface area contributed by atoms with Gasteiger partial charge >= 0.3 is 0 Å². The molecule has 2 amide bonds. The number of amides is 2. The number of carbonyl (C=O) groups excluding carboxylic acids is 2. The zero-order valence-electron chi connectivity index (χ0n) is 13.0. The number of ether oxygens (including phenoxy) is 1. The number of carbonyl (C=O) groups is 2. The molecule has 0 spiro atoms. The van der Waals surface area contributed by atoms with Crippen molar-refractivity contribution in [3.05, 3.63) is 52.2 Å². The summed E-state index contributed by atoms with van der Waals surface area (Å²) in [6, 6.07) is 10.7. The van der Waals surface area contributed by atoms with E-state index in [1.54, 1.807) is 24.3 Å². The molecule has 0 radical (unpaired) electrons. The zero-order valence-corrected chi connectivity index (χ0v) is 13.8. The zero-order chi connectivity index (χ0) is 16.5. The molecule has 0 aliphatic rings. The van der Waals surface area contributed by atoms with Crippen LogP contribution in [-0.4, -0.2) is 31.5 Å². The lowest BCUT2D eigenvalue weighted by Gasteiger charge is -2.08. The predicted molar refractivity (Wildman–Crippen MR) is 91.2 cm³/mol. The maximum Gasteiger partial charge on any atom is 0.261 e. The molecule has 1 aromatic heterocycles. The monoisotopic (exact) mass is 332 g/mol. The quantitative estimate of drug-likeness (QED) is 0.730. The van der Waals surface area contributed by atoms with Crippen LogP contribution in [-0.2, 0) is 0 Å². The normalized spacial score (nSPS) is 10.1. The summed E-state index contributed by atoms with van der Waals surface area (Å²) < 4.78 is 5.37. The average Bonchev–Trinajstić information content (AvgIpc) is 3.09. The van der Waals surface area contributed by atoms with E-state index in [2.05, 4.69) is 10.6 Å². The maximum absolute atomic E-state index is 12.0. The van der Waals surface area contributed by atoms with E-state index < -0.39 is 0 Å². The SMILES string of the molecule is CCOc1cccc(C(=O)NCCCNC(=O)c2cccs2)c1. The van der Waals surface area contributed by atoms with Crippen molar-refractivity contribution in [2.24, 2.45) is 0 Å². The van der Waals surface area contributed by atoms with Crippen LogP contribution in [0.15, 0.2) is 41.8 Å². The second-order valence-corrected chi connectivity index (χ2v) is 5.75. The molecule has 0 aliphatic carbocycles. The van der Waals surface area contributed by atoms with Crippen LogP contribution in [0.2, 0.25) is 0 Å². The summed E-state index contributed by atoms with van der Waals surface area (Å²) in [6.07, 6.45) is 0.675. The number of hydrogen-bond donors (Lipinski definition) is 2. The first-order valence-electron chi connectivity index (χ1n) is 7.53. The first-order valence-corrected chi connectivity index (χ1v) is 8.41. The van der Waals surface area contributed by atoms with Crippen molar-refractivity contribution in [2.75, 3.05) is 19.7 Å². The number of benzene rings is 1. The summed E-state index contributed by atoms with van der Waals surface area (Å²) in [5, 5.41) is 7.52. The summed E-state index contributed by atoms with van der Waals surface area (Å²) in [6.45, 7) is 3.49. The fourth-order valence-electron chi connectivity index (χ4n) is 1.98. The Kier molecular flexibility index (Phi) is 6.62. The van der Waals surface area contributed by atoms with Crippen LogP contribution in [0.5, 0.6) is 5.75 Å². The van der Waals surface area contributed by atoms with Gasteiger partial charge in [-0.25, -0.2) is 0 Å². The van der Waals surface area contributed by atoms with Gasteiger partial charge in [0.15, 0.2) is 0 Å². The second kappa shape index (κ2) is 8.95. The summed E-state index contributed by atoms with van der Waals surface area (Å²) in [5.74, 6) is 0.468. The van der Waals surface area contributed by atoms with Gasteiger partial charge in [0.05, 0.1) is 11.5 Å². The van der Waals surface area contributed by atoms with Gasteiger partial charge < -0.3 is 15.4 Å². The van der Waals surface area contributed by atoms with E-state index >= 15 is 0 Å². The largest absolute Gasteiger partial charge is 0.494 e. The van der Waals surface area contributed by atoms with Gasteiger partial charge in [0, 0.05) is 18.7 Å². The second-order valence-electron chi connectivity index (χ2n) is 4.80. The fraction of sp³-hybridized carbons (Fsp3) is 0.294. The first-order chi connectivity index (χ1) is 11.2. The first kappa shape index (κ1) is 17.0. The molecule has 0 bridgehead atoms. The molecule has 2 aromatic rings. The minimum absolute atomic E-state index is 0.0734. The van der Waals surface area contributed by atoms with Gasteiger partial charge in [-0.05, 0) is 43.0 Å². The van der Waals surface area contributed by atoms with Crippen molar-refractivity contribution >= 4 is 23.2 Å². The van der Waals surface area contributed by atoms with E-state index in [0.29, 0.717) is 42.3 Å². The van der Waals surface area contributed by atoms with Crippen molar-refractivity contribution in [3.8, 4) is 5.75 Å². The Balaban J connectivity index is 1.68. The molecule has 2 N–H and O–H groups in total. The summed E-state index contributed by atoms with van der Waals surface area (Å²) >= 11 is 1.41. The Morgan fingerprint density at radius 1 is 1.09 bits per heavy atom. The molecule has 0 fully saturated rings. The lowest BCUT2D eigenvalue weighted by molar-refractivity contribution is 0.0952. The van der Waals surface area contributed by atoms with Crippen molar-refractivity contribution in [2.45, 2.75) is 13.3 Å². The van der Waals surface area contributed by atoms with Gasteiger partial charge in [-0.2, -0.15) is 0 Å². The van der Waals surface area contributed by atoms with E-state index in [9.17, 15) is 9.59 Å². The smallest absolute Gasteiger partial charge is 0.261 e. The van der Waals surface area contributed by atoms with Crippen LogP contribution in [0.4, 0.5) is 0 Å². The molecule has 0 atom stereocenters. The number of nitrogens with one attached hydrogen (secondary N) is 2. The molecule has 5 nitrogen and oxygen atoms in total. The molecule has 23 heavy (non-hydrogen) atoms. The standard InChI is InChI=1S/C17H20N2O3S/c1-2-22-14-7-3-6-13(12-14)16(20)18-9-5-10-19-17(21)15-8-4-11-23-15/h3-4,6-8,11-12H,2,5,9-10H2,1H3,(H,18,20)(H,19,21). The van der Waals surface area contributed by atoms with Crippen LogP contribution in [0.25, 0.3) is 0 Å². The van der Waals surface area contributed by atoms with E-state index in [-0.39, 0.29) is 11.8 Å². The number of thiophene rings is 1. The van der Waals surface area contributed by atoms with Crippen LogP contribution in [0.3, 0.4) is 0 Å². The molecule has 0 unspecified atom stereocenters. The third kappa shape index (κ3) is 5.41. The maximum atomic E-state index is 12.0. The topological polar surface area (TPSA) is 67.4 Å². The van der Waals surface area contributed by atoms with Crippen LogP contribution < -0.4 is 15.4 Å². The van der Waals surface area contributed by atoms with Crippen molar-refractivity contribution in [1.29, 1.82) is 0 Å². The Bertz CT molecular complexity index is 641. The number of rotatable bonds is 8. The molecular formula is C17H20N2O3S. The van der Waals surface area contributed by atoms with Crippen LogP contribution >= 0.6 is 11.3 Å². The fourth-order valence-corrected chi connectivity index (χ4v) is 2.62. The highest BCUT2D eigenvalue weighted by atomic mass is 32.1. The molecule has 0 saturated carbocycles. The third-order valence-corrected chi connectivity index (χ3v) is 3.95. The van der Waals surface area contributed by atoms with Gasteiger partial charge in [-0.3, -0.25) is 9.59 Å². The highest BCUT2D eigenvalue weighted by Gasteiger charge is 2.07. The Morgan fingerprint density at radius 2 is 1.87 bits per heavy atom. The van der Waals surface area contributed by atoms with Crippen molar-refractivity contribution in [3.63, 3.8) is 0 Å². The average molecular weight is 332 g/mol. The van der Waals surface area contributed by atoms with Gasteiger partial charge in [-0.1, -0.05) is 12.1 Å². The molecule has 122 valence electrons. The summed E-state index contributed by atoms with van der Waals surface area (Å²) in [7, 11) is 0. The predicted octanol–water partition coefficient (Wildman–Crippen LogP) is 2.70. The van der Waals surface area contributed by atoms with Crippen LogP contribution in [0.1, 0.15) is 33.4 Å². The van der Waals surface area contributed by atoms with E-state index in [4.69, 9.17) is 4.74 Å². The lowest BCUT2D eigenvalue weighted by Crippen LogP contribution is -2.29. The molecule has 1 aromatic carbocycles. The van der Waals surface area contributed by atoms with Crippen molar-refractivity contribution < 1.29 is 14.3 Å². The molecule has 0 saturated heterocycles. The van der Waals surface area contributed by atoms with Crippen molar-refractivity contribution in [1.82, 2.24) is 10.6 Å². The highest BCUT2D eigenvalue weighted by Crippen LogP contribution is 2.13. The van der Waals surface area contributed by atoms with Gasteiger partial charge in [-0.15, -0.1) is 11.3 Å². The molecular weight excluding hydrogens is 312 g/mol. The van der Waals surface area contributed by atoms with Gasteiger partial charge in [0.2, 0.25) is 0 Å². The van der Waals surface area contributed by atoms with Gasteiger partial charge in [0.1, 0.15) is 5.75 Å². The van der Waals surface area contributed by atoms with E-state index in [1.165, 1.54) is 11.3 Å². The third-order valence-electron chi connectivity index (χ3n) is 3.08. The molecule has 6 heteroatoms. The Labute approximate surface area is 139 Å². The Hall–Kier alpha value is -2.34. The molecule has 1 heterocycles. The number of hydrogen-bond acceptors (Lipinski definition) is 4.